The maximum absolute atomic E-state index is 14.7. The first-order valence-electron chi connectivity index (χ1n) is 7.05. The lowest BCUT2D eigenvalue weighted by Crippen LogP contribution is -2.32. The van der Waals surface area contributed by atoms with Crippen LogP contribution in [0.4, 0.5) is 14.6 Å². The quantitative estimate of drug-likeness (QED) is 0.716. The van der Waals surface area contributed by atoms with E-state index >= 15 is 0 Å². The van der Waals surface area contributed by atoms with Gasteiger partial charge in [-0.15, -0.1) is 0 Å². The van der Waals surface area contributed by atoms with Gasteiger partial charge in [0.05, 0.1) is 12.5 Å². The minimum absolute atomic E-state index is 0.119. The summed E-state index contributed by atoms with van der Waals surface area (Å²) in [5.41, 5.74) is 6.16. The third-order valence-corrected chi connectivity index (χ3v) is 5.11. The van der Waals surface area contributed by atoms with Gasteiger partial charge in [0.15, 0.2) is 11.5 Å². The van der Waals surface area contributed by atoms with Crippen molar-refractivity contribution in [2.45, 2.75) is 31.2 Å². The zero-order valence-corrected chi connectivity index (χ0v) is 12.9. The van der Waals surface area contributed by atoms with E-state index in [2.05, 4.69) is 15.0 Å². The van der Waals surface area contributed by atoms with E-state index in [9.17, 15) is 13.3 Å². The zero-order valence-electron chi connectivity index (χ0n) is 12.0. The number of hydrogen-bond acceptors (Lipinski definition) is 5. The van der Waals surface area contributed by atoms with E-state index in [4.69, 9.17) is 15.5 Å². The van der Waals surface area contributed by atoms with Gasteiger partial charge in [-0.3, -0.25) is 4.57 Å². The minimum Gasteiger partial charge on any atom is -0.382 e. The molecule has 0 radical (unpaired) electrons. The molecule has 126 valence electrons. The molecule has 11 heteroatoms. The largest absolute Gasteiger partial charge is 0.382 e. The van der Waals surface area contributed by atoms with Crippen molar-refractivity contribution in [2.75, 3.05) is 11.9 Å². The number of nitrogen functional groups attached to an aromatic ring is 1. The standard InChI is InChI=1S/C12H16F2N5O3P/c13-12(14)7(3-4-23(20,21)22)1-2-8(12)19-6-18-9-10(15)16-5-17-11(9)19/h5-8H,1-4H2,(H2,15,16,17)(H2,20,21,22)/t7-,8-/m0/s1. The molecular formula is C12H16F2N5O3P. The van der Waals surface area contributed by atoms with Crippen molar-refractivity contribution in [1.82, 2.24) is 19.5 Å². The SMILES string of the molecule is Nc1ncnc2c1ncn2[C@H]1CC[C@@H](CCP(=O)(O)O)C1(F)F. The summed E-state index contributed by atoms with van der Waals surface area (Å²) in [5.74, 6) is -4.08. The molecule has 3 rings (SSSR count). The lowest BCUT2D eigenvalue weighted by atomic mass is 10.0. The van der Waals surface area contributed by atoms with Crippen LogP contribution in [0, 0.1) is 5.92 Å². The summed E-state index contributed by atoms with van der Waals surface area (Å²) in [6, 6.07) is -1.16. The first kappa shape index (κ1) is 16.2. The van der Waals surface area contributed by atoms with E-state index in [-0.39, 0.29) is 36.2 Å². The van der Waals surface area contributed by atoms with Crippen LogP contribution in [0.1, 0.15) is 25.3 Å². The van der Waals surface area contributed by atoms with Crippen LogP contribution in [0.25, 0.3) is 11.2 Å². The second kappa shape index (κ2) is 5.47. The van der Waals surface area contributed by atoms with Crippen LogP contribution in [0.2, 0.25) is 0 Å². The highest BCUT2D eigenvalue weighted by Crippen LogP contribution is 2.51. The second-order valence-electron chi connectivity index (χ2n) is 5.72. The minimum atomic E-state index is -4.29. The summed E-state index contributed by atoms with van der Waals surface area (Å²) < 4.78 is 41.5. The number of nitrogens with zero attached hydrogens (tertiary/aromatic N) is 4. The molecule has 2 atom stereocenters. The average Bonchev–Trinajstić information content (AvgIpc) is 2.97. The van der Waals surface area contributed by atoms with Gasteiger partial charge in [0, 0.05) is 5.92 Å². The first-order valence-corrected chi connectivity index (χ1v) is 8.85. The Morgan fingerprint density at radius 3 is 2.78 bits per heavy atom. The second-order valence-corrected chi connectivity index (χ2v) is 7.50. The Morgan fingerprint density at radius 1 is 1.35 bits per heavy atom. The summed E-state index contributed by atoms with van der Waals surface area (Å²) in [6.07, 6.45) is 2.04. The Kier molecular flexibility index (Phi) is 3.86. The van der Waals surface area contributed by atoms with E-state index in [1.165, 1.54) is 17.2 Å². The predicted octanol–water partition coefficient (Wildman–Crippen LogP) is 1.56. The fourth-order valence-electron chi connectivity index (χ4n) is 3.10. The monoisotopic (exact) mass is 347 g/mol. The molecule has 0 spiro atoms. The third-order valence-electron chi connectivity index (χ3n) is 4.27. The molecule has 2 aromatic heterocycles. The van der Waals surface area contributed by atoms with Gasteiger partial charge in [0.1, 0.15) is 17.9 Å². The van der Waals surface area contributed by atoms with Crippen LogP contribution in [0.3, 0.4) is 0 Å². The van der Waals surface area contributed by atoms with Crippen LogP contribution in [-0.4, -0.2) is 41.4 Å². The fourth-order valence-corrected chi connectivity index (χ4v) is 3.75. The Hall–Kier alpha value is -1.64. The molecular weight excluding hydrogens is 331 g/mol. The van der Waals surface area contributed by atoms with E-state index in [0.717, 1.165) is 0 Å². The molecule has 0 aliphatic heterocycles. The fraction of sp³-hybridized carbons (Fsp3) is 0.583. The van der Waals surface area contributed by atoms with Crippen molar-refractivity contribution in [3.8, 4) is 0 Å². The summed E-state index contributed by atoms with van der Waals surface area (Å²) in [6.45, 7) is 0. The number of halogens is 2. The molecule has 1 aliphatic carbocycles. The number of imidazole rings is 1. The van der Waals surface area contributed by atoms with Crippen molar-refractivity contribution in [3.63, 3.8) is 0 Å². The number of nitrogens with two attached hydrogens (primary N) is 1. The number of anilines is 1. The maximum Gasteiger partial charge on any atom is 0.325 e. The maximum atomic E-state index is 14.7. The molecule has 0 unspecified atom stereocenters. The first-order chi connectivity index (χ1) is 10.7. The van der Waals surface area contributed by atoms with Crippen LogP contribution < -0.4 is 5.73 Å². The molecule has 4 N–H and O–H groups in total. The number of alkyl halides is 2. The van der Waals surface area contributed by atoms with Gasteiger partial charge in [0.2, 0.25) is 0 Å². The van der Waals surface area contributed by atoms with Gasteiger partial charge >= 0.3 is 7.60 Å². The molecule has 8 nitrogen and oxygen atoms in total. The molecule has 23 heavy (non-hydrogen) atoms. The topological polar surface area (TPSA) is 127 Å². The highest BCUT2D eigenvalue weighted by atomic mass is 31.2. The summed E-state index contributed by atoms with van der Waals surface area (Å²) in [5, 5.41) is 0. The molecule has 0 bridgehead atoms. The van der Waals surface area contributed by atoms with Crippen molar-refractivity contribution in [2.24, 2.45) is 5.92 Å². The third kappa shape index (κ3) is 2.93. The average molecular weight is 347 g/mol. The predicted molar refractivity (Wildman–Crippen MR) is 78.0 cm³/mol. The lowest BCUT2D eigenvalue weighted by molar-refractivity contribution is -0.0703. The lowest BCUT2D eigenvalue weighted by Gasteiger charge is -2.25. The highest BCUT2D eigenvalue weighted by molar-refractivity contribution is 7.51. The molecule has 2 heterocycles. The van der Waals surface area contributed by atoms with E-state index in [0.29, 0.717) is 0 Å². The van der Waals surface area contributed by atoms with Crippen LogP contribution in [0.5, 0.6) is 0 Å². The van der Waals surface area contributed by atoms with Crippen LogP contribution >= 0.6 is 7.60 Å². The number of aromatic nitrogens is 4. The molecule has 2 aromatic rings. The molecule has 0 aromatic carbocycles. The van der Waals surface area contributed by atoms with E-state index in [1.807, 2.05) is 0 Å². The van der Waals surface area contributed by atoms with Gasteiger partial charge in [-0.2, -0.15) is 0 Å². The Bertz CT molecular complexity index is 777. The number of fused-ring (bicyclic) bond motifs is 1. The van der Waals surface area contributed by atoms with Gasteiger partial charge in [-0.1, -0.05) is 0 Å². The number of rotatable bonds is 4. The number of hydrogen-bond donors (Lipinski definition) is 3. The molecule has 1 saturated carbocycles. The molecule has 0 saturated heterocycles. The van der Waals surface area contributed by atoms with E-state index < -0.39 is 31.6 Å². The van der Waals surface area contributed by atoms with Crippen molar-refractivity contribution >= 4 is 24.6 Å². The van der Waals surface area contributed by atoms with Crippen molar-refractivity contribution in [1.29, 1.82) is 0 Å². The molecule has 1 aliphatic rings. The molecule has 0 amide bonds. The van der Waals surface area contributed by atoms with Crippen LogP contribution in [-0.2, 0) is 4.57 Å². The Morgan fingerprint density at radius 2 is 2.09 bits per heavy atom. The van der Waals surface area contributed by atoms with Gasteiger partial charge < -0.3 is 20.1 Å². The van der Waals surface area contributed by atoms with Crippen molar-refractivity contribution in [3.05, 3.63) is 12.7 Å². The smallest absolute Gasteiger partial charge is 0.325 e. The van der Waals surface area contributed by atoms with E-state index in [1.54, 1.807) is 0 Å². The zero-order chi connectivity index (χ0) is 16.8. The Balaban J connectivity index is 1.88. The van der Waals surface area contributed by atoms with Gasteiger partial charge in [-0.25, -0.2) is 23.7 Å². The highest BCUT2D eigenvalue weighted by Gasteiger charge is 2.53. The summed E-state index contributed by atoms with van der Waals surface area (Å²) >= 11 is 0. The summed E-state index contributed by atoms with van der Waals surface area (Å²) in [7, 11) is -4.29. The van der Waals surface area contributed by atoms with Gasteiger partial charge in [0.25, 0.3) is 5.92 Å². The van der Waals surface area contributed by atoms with Crippen molar-refractivity contribution < 1.29 is 23.1 Å². The Labute approximate surface area is 129 Å². The van der Waals surface area contributed by atoms with Crippen LogP contribution in [0.15, 0.2) is 12.7 Å². The summed E-state index contributed by atoms with van der Waals surface area (Å²) in [4.78, 5) is 29.5. The van der Waals surface area contributed by atoms with Gasteiger partial charge in [-0.05, 0) is 19.3 Å². The molecule has 1 fully saturated rings. The normalized spacial score (nSPS) is 24.3.